The number of aromatic nitrogens is 3. The molecule has 0 saturated carbocycles. The highest BCUT2D eigenvalue weighted by Gasteiger charge is 2.30. The fraction of sp³-hybridized carbons (Fsp3) is 0.818. The average molecular weight is 564 g/mol. The van der Waals surface area contributed by atoms with Crippen molar-refractivity contribution in [2.24, 2.45) is 4.99 Å². The molecule has 0 bridgehead atoms. The Bertz CT molecular complexity index is 739. The lowest BCUT2D eigenvalue weighted by molar-refractivity contribution is 0.0448. The van der Waals surface area contributed by atoms with Gasteiger partial charge in [0.15, 0.2) is 11.8 Å². The van der Waals surface area contributed by atoms with Crippen molar-refractivity contribution in [1.29, 1.82) is 0 Å². The molecule has 10 heteroatoms. The fourth-order valence-electron chi connectivity index (χ4n) is 3.65. The zero-order valence-corrected chi connectivity index (χ0v) is 22.9. The lowest BCUT2D eigenvalue weighted by Gasteiger charge is -2.34. The Morgan fingerprint density at radius 3 is 2.44 bits per heavy atom. The molecule has 2 rings (SSSR count). The maximum absolute atomic E-state index is 12.4. The van der Waals surface area contributed by atoms with Crippen molar-refractivity contribution in [2.45, 2.75) is 104 Å². The van der Waals surface area contributed by atoms with Gasteiger partial charge in [0.2, 0.25) is 0 Å². The van der Waals surface area contributed by atoms with Gasteiger partial charge in [0.1, 0.15) is 18.0 Å². The number of amides is 1. The normalized spacial score (nSPS) is 14.6. The van der Waals surface area contributed by atoms with Gasteiger partial charge in [-0.05, 0) is 53.4 Å². The number of rotatable bonds is 8. The smallest absolute Gasteiger partial charge is 0.408 e. The third kappa shape index (κ3) is 8.74. The molecule has 1 amide bonds. The second kappa shape index (κ2) is 13.2. The third-order valence-corrected chi connectivity index (χ3v) is 5.62. The van der Waals surface area contributed by atoms with Crippen LogP contribution in [0.2, 0.25) is 0 Å². The van der Waals surface area contributed by atoms with E-state index < -0.39 is 17.2 Å². The summed E-state index contributed by atoms with van der Waals surface area (Å²) in [5.41, 5.74) is -0.956. The molecule has 0 aliphatic carbocycles. The summed E-state index contributed by atoms with van der Waals surface area (Å²) >= 11 is 0. The van der Waals surface area contributed by atoms with E-state index >= 15 is 0 Å². The van der Waals surface area contributed by atoms with Crippen LogP contribution in [0.4, 0.5) is 4.79 Å². The van der Waals surface area contributed by atoms with Crippen LogP contribution >= 0.6 is 24.0 Å². The van der Waals surface area contributed by atoms with Crippen LogP contribution in [0.3, 0.4) is 0 Å². The van der Waals surface area contributed by atoms with Crippen molar-refractivity contribution in [3.8, 4) is 0 Å². The van der Waals surface area contributed by atoms with Gasteiger partial charge in [-0.25, -0.2) is 9.79 Å². The van der Waals surface area contributed by atoms with Crippen LogP contribution in [-0.4, -0.2) is 51.0 Å². The first-order chi connectivity index (χ1) is 14.7. The van der Waals surface area contributed by atoms with Crippen LogP contribution in [0.15, 0.2) is 4.99 Å². The summed E-state index contributed by atoms with van der Waals surface area (Å²) in [6, 6.07) is 0. The zero-order chi connectivity index (χ0) is 22.9. The monoisotopic (exact) mass is 563 g/mol. The number of ether oxygens (including phenoxy) is 1. The van der Waals surface area contributed by atoms with Gasteiger partial charge in [0.25, 0.3) is 0 Å². The summed E-state index contributed by atoms with van der Waals surface area (Å²) in [6.07, 6.45) is 5.70. The highest BCUT2D eigenvalue weighted by Crippen LogP contribution is 2.17. The van der Waals surface area contributed by atoms with Crippen LogP contribution in [-0.2, 0) is 24.2 Å². The number of fused-ring (bicyclic) bond motifs is 1. The predicted octanol–water partition coefficient (Wildman–Crippen LogP) is 3.76. The quantitative estimate of drug-likeness (QED) is 0.253. The summed E-state index contributed by atoms with van der Waals surface area (Å²) in [5.74, 6) is 2.67. The number of alkyl carbamates (subject to hydrolysis) is 1. The van der Waals surface area contributed by atoms with Gasteiger partial charge >= 0.3 is 6.09 Å². The van der Waals surface area contributed by atoms with Crippen LogP contribution in [0, 0.1) is 0 Å². The summed E-state index contributed by atoms with van der Waals surface area (Å²) in [7, 11) is 0. The zero-order valence-electron chi connectivity index (χ0n) is 20.6. The minimum absolute atomic E-state index is 0. The minimum atomic E-state index is -0.530. The van der Waals surface area contributed by atoms with E-state index in [0.29, 0.717) is 19.0 Å². The number of hydrogen-bond acceptors (Lipinski definition) is 5. The largest absolute Gasteiger partial charge is 0.444 e. The Morgan fingerprint density at radius 1 is 1.09 bits per heavy atom. The summed E-state index contributed by atoms with van der Waals surface area (Å²) in [4.78, 5) is 17.1. The van der Waals surface area contributed by atoms with E-state index in [-0.39, 0.29) is 24.0 Å². The molecule has 0 spiro atoms. The van der Waals surface area contributed by atoms with E-state index in [9.17, 15) is 4.79 Å². The molecule has 9 nitrogen and oxygen atoms in total. The number of hydrogen-bond donors (Lipinski definition) is 3. The van der Waals surface area contributed by atoms with Crippen LogP contribution < -0.4 is 16.0 Å². The van der Waals surface area contributed by atoms with Crippen molar-refractivity contribution in [1.82, 2.24) is 30.7 Å². The van der Waals surface area contributed by atoms with Crippen LogP contribution in [0.5, 0.6) is 0 Å². The molecule has 0 fully saturated rings. The first-order valence-electron chi connectivity index (χ1n) is 11.7. The van der Waals surface area contributed by atoms with E-state index in [1.165, 1.54) is 12.8 Å². The highest BCUT2D eigenvalue weighted by molar-refractivity contribution is 14.0. The molecule has 1 aliphatic rings. The maximum Gasteiger partial charge on any atom is 0.408 e. The lowest BCUT2D eigenvalue weighted by Crippen LogP contribution is -2.57. The van der Waals surface area contributed by atoms with Crippen molar-refractivity contribution in [3.63, 3.8) is 0 Å². The molecule has 32 heavy (non-hydrogen) atoms. The Kier molecular flexibility index (Phi) is 11.7. The molecule has 1 aliphatic heterocycles. The second-order valence-corrected chi connectivity index (χ2v) is 9.16. The van der Waals surface area contributed by atoms with Gasteiger partial charge in [-0.1, -0.05) is 20.3 Å². The van der Waals surface area contributed by atoms with Gasteiger partial charge < -0.3 is 25.3 Å². The number of carbonyl (C=O) groups is 1. The van der Waals surface area contributed by atoms with E-state index in [2.05, 4.69) is 44.6 Å². The third-order valence-electron chi connectivity index (χ3n) is 5.62. The molecule has 184 valence electrons. The molecule has 3 N–H and O–H groups in total. The molecule has 0 radical (unpaired) electrons. The topological polar surface area (TPSA) is 105 Å². The average Bonchev–Trinajstić information content (AvgIpc) is 2.93. The second-order valence-electron chi connectivity index (χ2n) is 9.16. The van der Waals surface area contributed by atoms with E-state index in [1.807, 2.05) is 27.7 Å². The summed E-state index contributed by atoms with van der Waals surface area (Å²) in [6.45, 7) is 14.5. The lowest BCUT2D eigenvalue weighted by atomic mass is 9.93. The van der Waals surface area contributed by atoms with Gasteiger partial charge in [-0.3, -0.25) is 0 Å². The Hall–Kier alpha value is -1.59. The number of nitrogens with zero attached hydrogens (tertiary/aromatic N) is 4. The van der Waals surface area contributed by atoms with Crippen molar-refractivity contribution >= 4 is 36.0 Å². The molecule has 1 aromatic rings. The minimum Gasteiger partial charge on any atom is -0.444 e. The van der Waals surface area contributed by atoms with Crippen LogP contribution in [0.1, 0.15) is 85.3 Å². The van der Waals surface area contributed by atoms with Crippen molar-refractivity contribution < 1.29 is 9.53 Å². The highest BCUT2D eigenvalue weighted by atomic mass is 127. The van der Waals surface area contributed by atoms with E-state index in [1.54, 1.807) is 0 Å². The SMILES string of the molecule is CCNC(=NCc1nnc2n1CCCCC2)NCC(CC)(CC)NC(=O)OC(C)(C)C.I. The fourth-order valence-corrected chi connectivity index (χ4v) is 3.65. The Balaban J connectivity index is 0.00000512. The Morgan fingerprint density at radius 2 is 1.81 bits per heavy atom. The maximum atomic E-state index is 12.4. The number of carbonyl (C=O) groups excluding carboxylic acids is 1. The number of halogens is 1. The molecule has 0 atom stereocenters. The number of aryl methyl sites for hydroxylation is 1. The molecule has 0 saturated heterocycles. The standard InChI is InChI=1S/C22H41N7O2.HI/c1-7-22(8-2,26-20(30)31-21(4,5)6)16-25-19(23-9-3)24-15-18-28-27-17-13-11-10-12-14-29(17)18;/h7-16H2,1-6H3,(H,26,30)(H2,23,24,25);1H. The molecule has 0 aromatic carbocycles. The van der Waals surface area contributed by atoms with Gasteiger partial charge in [-0.2, -0.15) is 0 Å². The van der Waals surface area contributed by atoms with Gasteiger partial charge in [0, 0.05) is 26.1 Å². The number of guanidine groups is 1. The number of aliphatic imine (C=N–C) groups is 1. The molecule has 2 heterocycles. The predicted molar refractivity (Wildman–Crippen MR) is 138 cm³/mol. The van der Waals surface area contributed by atoms with Crippen LogP contribution in [0.25, 0.3) is 0 Å². The van der Waals surface area contributed by atoms with E-state index in [0.717, 1.165) is 50.4 Å². The number of nitrogens with one attached hydrogen (secondary N) is 3. The summed E-state index contributed by atoms with van der Waals surface area (Å²) in [5, 5.41) is 18.5. The van der Waals surface area contributed by atoms with Crippen molar-refractivity contribution in [2.75, 3.05) is 13.1 Å². The van der Waals surface area contributed by atoms with Gasteiger partial charge in [0.05, 0.1) is 5.54 Å². The molecular weight excluding hydrogens is 521 g/mol. The van der Waals surface area contributed by atoms with E-state index in [4.69, 9.17) is 9.73 Å². The Labute approximate surface area is 210 Å². The molecular formula is C22H42IN7O2. The van der Waals surface area contributed by atoms with Gasteiger partial charge in [-0.15, -0.1) is 34.2 Å². The molecule has 0 unspecified atom stereocenters. The summed E-state index contributed by atoms with van der Waals surface area (Å²) < 4.78 is 7.68. The first kappa shape index (κ1) is 28.4. The van der Waals surface area contributed by atoms with Crippen molar-refractivity contribution in [3.05, 3.63) is 11.6 Å². The molecule has 1 aromatic heterocycles. The first-order valence-corrected chi connectivity index (χ1v) is 11.7.